The number of Topliss-reactive ketones (excluding diaryl/α,β-unsaturated/α-hetero) is 2. The van der Waals surface area contributed by atoms with E-state index in [-0.39, 0.29) is 5.57 Å². The molecule has 6 nitrogen and oxygen atoms in total. The number of epoxide rings is 1. The lowest BCUT2D eigenvalue weighted by Gasteiger charge is -2.18. The number of aliphatic hydroxyl groups is 1. The normalized spacial score (nSPS) is 20.5. The van der Waals surface area contributed by atoms with Crippen molar-refractivity contribution >= 4 is 23.3 Å². The summed E-state index contributed by atoms with van der Waals surface area (Å²) in [7, 11) is 2.07. The zero-order valence-corrected chi connectivity index (χ0v) is 18.4. The molecule has 1 saturated heterocycles. The Morgan fingerprint density at radius 1 is 1.23 bits per heavy atom. The molecule has 0 aromatic heterocycles. The van der Waals surface area contributed by atoms with E-state index in [2.05, 4.69) is 31.0 Å². The number of ether oxygens (including phenoxy) is 2. The van der Waals surface area contributed by atoms with E-state index in [1.165, 1.54) is 6.92 Å². The fraction of sp³-hybridized carbons (Fsp3) is 0.360. The molecule has 0 radical (unpaired) electrons. The molecule has 2 unspecified atom stereocenters. The standard InChI is InChI=1S/C25H29NO5/c1-5-12-26(4)20-9-6-18(7-10-20)8-11-21-14-19(13-16(2)31-21)23(24(28)17(3)27)25(29)22-15-30-22/h6-11,13-14,17,22,27H,5,12,15H2,1-4H3/b11-8?,23-19-. The van der Waals surface area contributed by atoms with E-state index in [9.17, 15) is 14.7 Å². The Bertz CT molecular complexity index is 946. The van der Waals surface area contributed by atoms with Crippen LogP contribution < -0.4 is 4.90 Å². The minimum absolute atomic E-state index is 0.0469. The molecule has 31 heavy (non-hydrogen) atoms. The summed E-state index contributed by atoms with van der Waals surface area (Å²) in [5.74, 6) is 0.0303. The van der Waals surface area contributed by atoms with Gasteiger partial charge in [-0.25, -0.2) is 0 Å². The van der Waals surface area contributed by atoms with Gasteiger partial charge < -0.3 is 19.5 Å². The van der Waals surface area contributed by atoms with E-state index in [0.29, 0.717) is 23.7 Å². The van der Waals surface area contributed by atoms with Crippen molar-refractivity contribution in [3.05, 3.63) is 70.7 Å². The first kappa shape index (κ1) is 22.7. The van der Waals surface area contributed by atoms with Gasteiger partial charge in [-0.05, 0) is 61.8 Å². The lowest BCUT2D eigenvalue weighted by atomic mass is 9.93. The van der Waals surface area contributed by atoms with E-state index >= 15 is 0 Å². The number of aliphatic hydroxyl groups excluding tert-OH is 1. The molecule has 1 aromatic rings. The fourth-order valence-corrected chi connectivity index (χ4v) is 3.34. The highest BCUT2D eigenvalue weighted by Crippen LogP contribution is 2.27. The predicted molar refractivity (Wildman–Crippen MR) is 120 cm³/mol. The van der Waals surface area contributed by atoms with Crippen LogP contribution in [-0.2, 0) is 19.1 Å². The zero-order valence-electron chi connectivity index (χ0n) is 18.4. The number of allylic oxidation sites excluding steroid dienone is 5. The van der Waals surface area contributed by atoms with Crippen molar-refractivity contribution in [2.45, 2.75) is 39.4 Å². The first-order valence-electron chi connectivity index (χ1n) is 10.5. The Hall–Kier alpha value is -2.96. The van der Waals surface area contributed by atoms with Crippen molar-refractivity contribution in [3.63, 3.8) is 0 Å². The van der Waals surface area contributed by atoms with E-state index in [1.54, 1.807) is 25.2 Å². The van der Waals surface area contributed by atoms with Crippen LogP contribution in [0.25, 0.3) is 6.08 Å². The molecule has 0 saturated carbocycles. The summed E-state index contributed by atoms with van der Waals surface area (Å²) in [6.07, 6.45) is 6.17. The Morgan fingerprint density at radius 2 is 1.90 bits per heavy atom. The molecule has 1 fully saturated rings. The van der Waals surface area contributed by atoms with E-state index in [0.717, 1.165) is 24.2 Å². The number of carbonyl (C=O) groups is 2. The highest BCUT2D eigenvalue weighted by Gasteiger charge is 2.38. The Labute approximate surface area is 183 Å². The molecule has 3 rings (SSSR count). The Balaban J connectivity index is 1.86. The summed E-state index contributed by atoms with van der Waals surface area (Å²) >= 11 is 0. The number of hydrogen-bond acceptors (Lipinski definition) is 6. The second kappa shape index (κ2) is 9.90. The number of carbonyl (C=O) groups excluding carboxylic acids is 2. The molecule has 6 heteroatoms. The van der Waals surface area contributed by atoms with Crippen LogP contribution in [0.5, 0.6) is 0 Å². The van der Waals surface area contributed by atoms with Crippen molar-refractivity contribution in [1.29, 1.82) is 0 Å². The summed E-state index contributed by atoms with van der Waals surface area (Å²) in [5.41, 5.74) is 2.53. The summed E-state index contributed by atoms with van der Waals surface area (Å²) in [6.45, 7) is 6.54. The molecule has 0 bridgehead atoms. The van der Waals surface area contributed by atoms with Crippen LogP contribution in [0.4, 0.5) is 5.69 Å². The Kier molecular flexibility index (Phi) is 7.25. The van der Waals surface area contributed by atoms with Gasteiger partial charge in [-0.1, -0.05) is 25.1 Å². The van der Waals surface area contributed by atoms with Crippen LogP contribution in [0.2, 0.25) is 0 Å². The molecule has 0 aliphatic carbocycles. The lowest BCUT2D eigenvalue weighted by Crippen LogP contribution is -2.27. The molecule has 2 atom stereocenters. The minimum Gasteiger partial charge on any atom is -0.462 e. The topological polar surface area (TPSA) is 79.4 Å². The average molecular weight is 424 g/mol. The third kappa shape index (κ3) is 5.81. The van der Waals surface area contributed by atoms with Crippen molar-refractivity contribution in [1.82, 2.24) is 0 Å². The van der Waals surface area contributed by atoms with Crippen molar-refractivity contribution in [2.75, 3.05) is 25.1 Å². The van der Waals surface area contributed by atoms with Crippen molar-refractivity contribution < 1.29 is 24.2 Å². The number of benzene rings is 1. The number of ketones is 2. The molecule has 0 spiro atoms. The number of rotatable bonds is 9. The molecule has 2 aliphatic rings. The monoisotopic (exact) mass is 423 g/mol. The summed E-state index contributed by atoms with van der Waals surface area (Å²) in [6, 6.07) is 8.18. The quantitative estimate of drug-likeness (QED) is 0.283. The summed E-state index contributed by atoms with van der Waals surface area (Å²) in [5, 5.41) is 9.79. The SMILES string of the molecule is CCCN(C)c1ccc(C=CC2=C/C(=C(/C(=O)C(C)O)C(=O)C3CO3)C=C(C)O2)cc1. The van der Waals surface area contributed by atoms with Gasteiger partial charge in [0.05, 0.1) is 12.2 Å². The molecule has 2 heterocycles. The van der Waals surface area contributed by atoms with Crippen LogP contribution in [0, 0.1) is 0 Å². The second-order valence-electron chi connectivity index (χ2n) is 7.81. The van der Waals surface area contributed by atoms with Gasteiger partial charge in [0.25, 0.3) is 0 Å². The smallest absolute Gasteiger partial charge is 0.198 e. The van der Waals surface area contributed by atoms with E-state index < -0.39 is 23.8 Å². The van der Waals surface area contributed by atoms with Gasteiger partial charge in [-0.2, -0.15) is 0 Å². The van der Waals surface area contributed by atoms with Crippen LogP contribution in [0.1, 0.15) is 32.8 Å². The highest BCUT2D eigenvalue weighted by molar-refractivity contribution is 6.24. The average Bonchev–Trinajstić information content (AvgIpc) is 3.58. The molecule has 0 amide bonds. The minimum atomic E-state index is -1.28. The largest absolute Gasteiger partial charge is 0.462 e. The number of nitrogens with zero attached hydrogens (tertiary/aromatic N) is 1. The maximum atomic E-state index is 12.6. The molecular weight excluding hydrogens is 394 g/mol. The maximum absolute atomic E-state index is 12.6. The van der Waals surface area contributed by atoms with Gasteiger partial charge in [-0.15, -0.1) is 0 Å². The zero-order chi connectivity index (χ0) is 22.5. The Morgan fingerprint density at radius 3 is 2.48 bits per heavy atom. The van der Waals surface area contributed by atoms with Crippen LogP contribution >= 0.6 is 0 Å². The number of anilines is 1. The van der Waals surface area contributed by atoms with Gasteiger partial charge in [0.2, 0.25) is 0 Å². The summed E-state index contributed by atoms with van der Waals surface area (Å²) in [4.78, 5) is 27.4. The van der Waals surface area contributed by atoms with Crippen molar-refractivity contribution in [2.24, 2.45) is 0 Å². The van der Waals surface area contributed by atoms with Gasteiger partial charge in [0, 0.05) is 19.3 Å². The maximum Gasteiger partial charge on any atom is 0.198 e. The van der Waals surface area contributed by atoms with Crippen molar-refractivity contribution in [3.8, 4) is 0 Å². The number of hydrogen-bond donors (Lipinski definition) is 1. The van der Waals surface area contributed by atoms with Gasteiger partial charge in [0.15, 0.2) is 11.6 Å². The molecule has 164 valence electrons. The molecule has 1 aromatic carbocycles. The molecule has 2 aliphatic heterocycles. The van der Waals surface area contributed by atoms with E-state index in [1.807, 2.05) is 18.2 Å². The van der Waals surface area contributed by atoms with Gasteiger partial charge >= 0.3 is 0 Å². The predicted octanol–water partition coefficient (Wildman–Crippen LogP) is 3.58. The second-order valence-corrected chi connectivity index (χ2v) is 7.81. The fourth-order valence-electron chi connectivity index (χ4n) is 3.34. The van der Waals surface area contributed by atoms with Crippen LogP contribution in [0.3, 0.4) is 0 Å². The first-order valence-corrected chi connectivity index (χ1v) is 10.5. The van der Waals surface area contributed by atoms with Crippen LogP contribution in [0.15, 0.2) is 65.2 Å². The third-order valence-electron chi connectivity index (χ3n) is 5.05. The van der Waals surface area contributed by atoms with Gasteiger partial charge in [-0.3, -0.25) is 9.59 Å². The van der Waals surface area contributed by atoms with E-state index in [4.69, 9.17) is 9.47 Å². The van der Waals surface area contributed by atoms with Crippen LogP contribution in [-0.4, -0.2) is 49.1 Å². The summed E-state index contributed by atoms with van der Waals surface area (Å²) < 4.78 is 10.8. The molecule has 1 N–H and O–H groups in total. The van der Waals surface area contributed by atoms with Gasteiger partial charge in [0.1, 0.15) is 23.7 Å². The highest BCUT2D eigenvalue weighted by atomic mass is 16.6. The lowest BCUT2D eigenvalue weighted by molar-refractivity contribution is -0.126. The first-order chi connectivity index (χ1) is 14.8. The molecular formula is C25H29NO5. The third-order valence-corrected chi connectivity index (χ3v) is 5.05.